The van der Waals surface area contributed by atoms with E-state index in [4.69, 9.17) is 0 Å². The first kappa shape index (κ1) is 21.4. The van der Waals surface area contributed by atoms with Crippen LogP contribution in [0.15, 0.2) is 53.9 Å². The lowest BCUT2D eigenvalue weighted by Crippen LogP contribution is -2.36. The van der Waals surface area contributed by atoms with Crippen LogP contribution in [0.5, 0.6) is 0 Å². The smallest absolute Gasteiger partial charge is 0.191 e. The van der Waals surface area contributed by atoms with Crippen LogP contribution in [0.3, 0.4) is 0 Å². The van der Waals surface area contributed by atoms with Crippen molar-refractivity contribution in [1.82, 2.24) is 25.4 Å². The molecule has 3 rings (SSSR count). The molecule has 0 fully saturated rings. The van der Waals surface area contributed by atoms with Gasteiger partial charge in [0.05, 0.1) is 18.8 Å². The molecule has 3 aromatic rings. The van der Waals surface area contributed by atoms with Gasteiger partial charge in [0.25, 0.3) is 0 Å². The Morgan fingerprint density at radius 3 is 2.63 bits per heavy atom. The van der Waals surface area contributed by atoms with Gasteiger partial charge in [-0.05, 0) is 37.1 Å². The summed E-state index contributed by atoms with van der Waals surface area (Å²) in [5, 5.41) is 11.9. The van der Waals surface area contributed by atoms with Gasteiger partial charge in [-0.2, -0.15) is 5.10 Å². The van der Waals surface area contributed by atoms with E-state index in [-0.39, 0.29) is 24.0 Å². The van der Waals surface area contributed by atoms with Gasteiger partial charge in [0.1, 0.15) is 5.01 Å². The molecule has 0 aliphatic heterocycles. The lowest BCUT2D eigenvalue weighted by molar-refractivity contribution is 0.811. The highest BCUT2D eigenvalue weighted by Gasteiger charge is 2.03. The number of aliphatic imine (C=N–C) groups is 1. The zero-order valence-electron chi connectivity index (χ0n) is 15.6. The molecule has 1 aromatic carbocycles. The molecule has 2 N–H and O–H groups in total. The zero-order chi connectivity index (χ0) is 18.2. The van der Waals surface area contributed by atoms with E-state index in [1.54, 1.807) is 17.5 Å². The maximum Gasteiger partial charge on any atom is 0.191 e. The van der Waals surface area contributed by atoms with Gasteiger partial charge in [-0.1, -0.05) is 19.1 Å². The van der Waals surface area contributed by atoms with E-state index >= 15 is 0 Å². The van der Waals surface area contributed by atoms with Crippen molar-refractivity contribution in [2.45, 2.75) is 33.4 Å². The number of nitrogens with zero attached hydrogens (tertiary/aromatic N) is 4. The first-order valence-corrected chi connectivity index (χ1v) is 9.65. The van der Waals surface area contributed by atoms with Gasteiger partial charge in [0.15, 0.2) is 5.96 Å². The van der Waals surface area contributed by atoms with Crippen molar-refractivity contribution in [3.63, 3.8) is 0 Å². The molecule has 0 atom stereocenters. The Labute approximate surface area is 181 Å². The summed E-state index contributed by atoms with van der Waals surface area (Å²) in [5.74, 6) is 0.803. The van der Waals surface area contributed by atoms with Crippen LogP contribution in [-0.4, -0.2) is 27.3 Å². The van der Waals surface area contributed by atoms with Gasteiger partial charge < -0.3 is 10.6 Å². The van der Waals surface area contributed by atoms with Crippen LogP contribution in [0, 0.1) is 0 Å². The first-order valence-electron chi connectivity index (χ1n) is 8.83. The van der Waals surface area contributed by atoms with Crippen molar-refractivity contribution in [1.29, 1.82) is 0 Å². The zero-order valence-corrected chi connectivity index (χ0v) is 18.7. The van der Waals surface area contributed by atoms with Gasteiger partial charge in [-0.3, -0.25) is 0 Å². The number of hydrogen-bond donors (Lipinski definition) is 2. The van der Waals surface area contributed by atoms with Crippen LogP contribution in [0.25, 0.3) is 5.69 Å². The fourth-order valence-corrected chi connectivity index (χ4v) is 3.24. The van der Waals surface area contributed by atoms with Crippen LogP contribution >= 0.6 is 35.3 Å². The molecule has 0 bridgehead atoms. The number of rotatable bonds is 7. The van der Waals surface area contributed by atoms with Gasteiger partial charge in [0, 0.05) is 30.0 Å². The highest BCUT2D eigenvalue weighted by molar-refractivity contribution is 14.0. The molecule has 2 heterocycles. The molecule has 0 radical (unpaired) electrons. The molecule has 0 amide bonds. The SMILES string of the molecule is CCNC(=NCc1ccc(-n2cccn2)cc1)NCc1ncc(CC)s1.I. The Kier molecular flexibility index (Phi) is 8.73. The van der Waals surface area contributed by atoms with Gasteiger partial charge in [-0.15, -0.1) is 35.3 Å². The van der Waals surface area contributed by atoms with Crippen molar-refractivity contribution in [2.75, 3.05) is 6.54 Å². The molecule has 0 saturated heterocycles. The monoisotopic (exact) mass is 496 g/mol. The summed E-state index contributed by atoms with van der Waals surface area (Å²) >= 11 is 1.74. The summed E-state index contributed by atoms with van der Waals surface area (Å²) in [5.41, 5.74) is 2.20. The minimum Gasteiger partial charge on any atom is -0.357 e. The van der Waals surface area contributed by atoms with E-state index in [1.165, 1.54) is 4.88 Å². The Hall–Kier alpha value is -1.94. The average Bonchev–Trinajstić information content (AvgIpc) is 3.36. The largest absolute Gasteiger partial charge is 0.357 e. The van der Waals surface area contributed by atoms with Crippen molar-refractivity contribution >= 4 is 41.3 Å². The molecule has 0 unspecified atom stereocenters. The van der Waals surface area contributed by atoms with Gasteiger partial charge >= 0.3 is 0 Å². The molecule has 0 aliphatic rings. The van der Waals surface area contributed by atoms with Gasteiger partial charge in [-0.25, -0.2) is 14.7 Å². The lowest BCUT2D eigenvalue weighted by atomic mass is 10.2. The molecule has 6 nitrogen and oxygen atoms in total. The quantitative estimate of drug-likeness (QED) is 0.297. The second-order valence-corrected chi connectivity index (χ2v) is 6.94. The predicted octanol–water partition coefficient (Wildman–Crippen LogP) is 3.76. The number of benzene rings is 1. The van der Waals surface area contributed by atoms with Crippen LogP contribution in [0.4, 0.5) is 0 Å². The van der Waals surface area contributed by atoms with E-state index < -0.39 is 0 Å². The van der Waals surface area contributed by atoms with Crippen molar-refractivity contribution in [2.24, 2.45) is 4.99 Å². The van der Waals surface area contributed by atoms with Crippen molar-refractivity contribution < 1.29 is 0 Å². The normalized spacial score (nSPS) is 11.1. The molecular formula is C19H25IN6S. The summed E-state index contributed by atoms with van der Waals surface area (Å²) in [4.78, 5) is 10.4. The van der Waals surface area contributed by atoms with Crippen molar-refractivity contribution in [3.8, 4) is 5.69 Å². The Morgan fingerprint density at radius 2 is 2.00 bits per heavy atom. The minimum atomic E-state index is 0. The molecule has 2 aromatic heterocycles. The maximum absolute atomic E-state index is 4.67. The summed E-state index contributed by atoms with van der Waals surface area (Å²) in [6, 6.07) is 10.2. The summed E-state index contributed by atoms with van der Waals surface area (Å²) in [6.45, 7) is 6.34. The number of aryl methyl sites for hydroxylation is 1. The second-order valence-electron chi connectivity index (χ2n) is 5.74. The second kappa shape index (κ2) is 11.0. The number of halogens is 1. The minimum absolute atomic E-state index is 0. The highest BCUT2D eigenvalue weighted by atomic mass is 127. The molecule has 0 spiro atoms. The molecule has 27 heavy (non-hydrogen) atoms. The average molecular weight is 496 g/mol. The lowest BCUT2D eigenvalue weighted by Gasteiger charge is -2.10. The van der Waals surface area contributed by atoms with E-state index in [1.807, 2.05) is 23.1 Å². The number of aromatic nitrogens is 3. The third-order valence-electron chi connectivity index (χ3n) is 3.83. The van der Waals surface area contributed by atoms with Crippen LogP contribution in [0.1, 0.15) is 29.3 Å². The molecular weight excluding hydrogens is 471 g/mol. The standard InChI is InChI=1S/C19H24N6S.HI/c1-3-17-13-21-18(26-17)14-23-19(20-4-2)22-12-15-6-8-16(9-7-15)25-11-5-10-24-25;/h5-11,13H,3-4,12,14H2,1-2H3,(H2,20,22,23);1H. The third-order valence-corrected chi connectivity index (χ3v) is 4.97. The Morgan fingerprint density at radius 1 is 1.19 bits per heavy atom. The number of guanidine groups is 1. The fraction of sp³-hybridized carbons (Fsp3) is 0.316. The Balaban J connectivity index is 0.00000261. The van der Waals surface area contributed by atoms with E-state index in [0.717, 1.165) is 35.2 Å². The molecule has 0 saturated carbocycles. The molecule has 144 valence electrons. The summed E-state index contributed by atoms with van der Waals surface area (Å²) in [7, 11) is 0. The van der Waals surface area contributed by atoms with Gasteiger partial charge in [0.2, 0.25) is 0 Å². The van der Waals surface area contributed by atoms with E-state index in [2.05, 4.69) is 63.8 Å². The maximum atomic E-state index is 4.67. The summed E-state index contributed by atoms with van der Waals surface area (Å²) in [6.07, 6.45) is 6.69. The van der Waals surface area contributed by atoms with Crippen molar-refractivity contribution in [3.05, 3.63) is 64.4 Å². The molecule has 0 aliphatic carbocycles. The highest BCUT2D eigenvalue weighted by Crippen LogP contribution is 2.13. The van der Waals surface area contributed by atoms with Crippen LogP contribution in [-0.2, 0) is 19.5 Å². The van der Waals surface area contributed by atoms with E-state index in [9.17, 15) is 0 Å². The van der Waals surface area contributed by atoms with E-state index in [0.29, 0.717) is 13.1 Å². The predicted molar refractivity (Wildman–Crippen MR) is 122 cm³/mol. The fourth-order valence-electron chi connectivity index (χ4n) is 2.44. The van der Waals surface area contributed by atoms with Crippen LogP contribution in [0.2, 0.25) is 0 Å². The third kappa shape index (κ3) is 6.31. The number of nitrogens with one attached hydrogen (secondary N) is 2. The number of hydrogen-bond acceptors (Lipinski definition) is 4. The number of thiazole rings is 1. The first-order chi connectivity index (χ1) is 12.8. The molecule has 8 heteroatoms. The van der Waals surface area contributed by atoms with Crippen LogP contribution < -0.4 is 10.6 Å². The topological polar surface area (TPSA) is 67.1 Å². The Bertz CT molecular complexity index is 826. The summed E-state index contributed by atoms with van der Waals surface area (Å²) < 4.78 is 1.84.